The number of amides is 2. The minimum atomic E-state index is -4.90. The van der Waals surface area contributed by atoms with Crippen molar-refractivity contribution in [3.8, 4) is 0 Å². The summed E-state index contributed by atoms with van der Waals surface area (Å²) in [5.74, 6) is -1.48. The number of nitrogens with zero attached hydrogens (tertiary/aromatic N) is 1. The number of benzene rings is 1. The average Bonchev–Trinajstić information content (AvgIpc) is 2.61. The number of hydrogen-bond acceptors (Lipinski definition) is 4. The highest BCUT2D eigenvalue weighted by molar-refractivity contribution is 7.99. The summed E-state index contributed by atoms with van der Waals surface area (Å²) in [6.07, 6.45) is -3.24. The summed E-state index contributed by atoms with van der Waals surface area (Å²) in [5.41, 5.74) is 2.12. The maximum atomic E-state index is 13.2. The van der Waals surface area contributed by atoms with Gasteiger partial charge in [-0.3, -0.25) is 19.0 Å². The number of para-hydroxylation sites is 1. The van der Waals surface area contributed by atoms with E-state index >= 15 is 0 Å². The van der Waals surface area contributed by atoms with Gasteiger partial charge in [0, 0.05) is 10.6 Å². The van der Waals surface area contributed by atoms with Crippen molar-refractivity contribution in [2.24, 2.45) is 5.73 Å². The zero-order valence-corrected chi connectivity index (χ0v) is 15.3. The van der Waals surface area contributed by atoms with Crippen LogP contribution in [0, 0.1) is 0 Å². The van der Waals surface area contributed by atoms with Crippen LogP contribution in [-0.2, 0) is 17.5 Å². The zero-order valence-electron chi connectivity index (χ0n) is 14.5. The normalized spacial score (nSPS) is 11.1. The first-order chi connectivity index (χ1) is 13.1. The fraction of sp³-hybridized carbons (Fsp3) is 0.167. The molecule has 28 heavy (non-hydrogen) atoms. The number of anilines is 1. The highest BCUT2D eigenvalue weighted by Crippen LogP contribution is 2.29. The Morgan fingerprint density at radius 2 is 1.89 bits per heavy atom. The maximum absolute atomic E-state index is 13.2. The highest BCUT2D eigenvalue weighted by atomic mass is 32.2. The van der Waals surface area contributed by atoms with Gasteiger partial charge < -0.3 is 11.1 Å². The van der Waals surface area contributed by atoms with E-state index in [-0.39, 0.29) is 4.57 Å². The van der Waals surface area contributed by atoms with Gasteiger partial charge in [-0.2, -0.15) is 13.2 Å². The van der Waals surface area contributed by atoms with Crippen molar-refractivity contribution in [3.05, 3.63) is 70.7 Å². The SMILES string of the molecule is C=CCSc1ccccc1NC(=O)Cn1c(C(F)(F)F)ccc(C(N)=O)c1=O. The average molecular weight is 411 g/mol. The fourth-order valence-corrected chi connectivity index (χ4v) is 3.09. The lowest BCUT2D eigenvalue weighted by Crippen LogP contribution is -2.36. The molecule has 1 aromatic carbocycles. The molecule has 2 aromatic rings. The molecule has 0 atom stereocenters. The molecule has 0 fully saturated rings. The molecule has 0 aliphatic carbocycles. The molecule has 10 heteroatoms. The molecule has 0 spiro atoms. The van der Waals surface area contributed by atoms with Crippen LogP contribution >= 0.6 is 11.8 Å². The number of rotatable bonds is 7. The molecule has 0 saturated heterocycles. The van der Waals surface area contributed by atoms with Gasteiger partial charge in [-0.1, -0.05) is 18.2 Å². The molecular formula is C18H16F3N3O3S. The number of carbonyl (C=O) groups excluding carboxylic acids is 2. The van der Waals surface area contributed by atoms with Gasteiger partial charge in [0.2, 0.25) is 5.91 Å². The number of nitrogens with two attached hydrogens (primary N) is 1. The molecule has 0 saturated carbocycles. The smallest absolute Gasteiger partial charge is 0.365 e. The molecule has 3 N–H and O–H groups in total. The largest absolute Gasteiger partial charge is 0.431 e. The lowest BCUT2D eigenvalue weighted by molar-refractivity contribution is -0.144. The first kappa shape index (κ1) is 21.3. The predicted molar refractivity (Wildman–Crippen MR) is 100 cm³/mol. The molecule has 1 aromatic heterocycles. The molecule has 0 unspecified atom stereocenters. The van der Waals surface area contributed by atoms with Gasteiger partial charge in [0.25, 0.3) is 11.5 Å². The Hall–Kier alpha value is -3.01. The van der Waals surface area contributed by atoms with Gasteiger partial charge in [0.15, 0.2) is 0 Å². The molecule has 0 aliphatic rings. The first-order valence-corrected chi connectivity index (χ1v) is 8.87. The van der Waals surface area contributed by atoms with Crippen LogP contribution in [0.5, 0.6) is 0 Å². The fourth-order valence-electron chi connectivity index (χ4n) is 2.35. The third-order valence-electron chi connectivity index (χ3n) is 3.55. The number of halogens is 3. The quantitative estimate of drug-likeness (QED) is 0.541. The third-order valence-corrected chi connectivity index (χ3v) is 4.62. The molecule has 0 aliphatic heterocycles. The van der Waals surface area contributed by atoms with Crippen molar-refractivity contribution in [3.63, 3.8) is 0 Å². The van der Waals surface area contributed by atoms with Crippen LogP contribution in [0.15, 0.2) is 58.7 Å². The summed E-state index contributed by atoms with van der Waals surface area (Å²) < 4.78 is 39.9. The van der Waals surface area contributed by atoms with E-state index in [1.807, 2.05) is 0 Å². The van der Waals surface area contributed by atoms with E-state index in [2.05, 4.69) is 11.9 Å². The van der Waals surface area contributed by atoms with Gasteiger partial charge in [-0.15, -0.1) is 18.3 Å². The summed E-state index contributed by atoms with van der Waals surface area (Å²) >= 11 is 1.37. The number of primary amides is 1. The molecule has 2 amide bonds. The Labute approximate surface area is 162 Å². The van der Waals surface area contributed by atoms with Crippen LogP contribution in [0.3, 0.4) is 0 Å². The van der Waals surface area contributed by atoms with Crippen LogP contribution in [0.2, 0.25) is 0 Å². The van der Waals surface area contributed by atoms with E-state index in [4.69, 9.17) is 5.73 Å². The molecule has 2 rings (SSSR count). The van der Waals surface area contributed by atoms with Crippen molar-refractivity contribution in [1.82, 2.24) is 4.57 Å². The van der Waals surface area contributed by atoms with Gasteiger partial charge in [0.1, 0.15) is 17.8 Å². The molecular weight excluding hydrogens is 395 g/mol. The van der Waals surface area contributed by atoms with Gasteiger partial charge in [-0.05, 0) is 24.3 Å². The lowest BCUT2D eigenvalue weighted by atomic mass is 10.2. The van der Waals surface area contributed by atoms with Crippen LogP contribution < -0.4 is 16.6 Å². The standard InChI is InChI=1S/C18H16F3N3O3S/c1-2-9-28-13-6-4-3-5-12(13)23-15(25)10-24-14(18(19,20)21)8-7-11(16(22)26)17(24)27/h2-8H,1,9-10H2,(H2,22,26)(H,23,25). The van der Waals surface area contributed by atoms with Crippen molar-refractivity contribution < 1.29 is 22.8 Å². The summed E-state index contributed by atoms with van der Waals surface area (Å²) in [6.45, 7) is 2.66. The van der Waals surface area contributed by atoms with E-state index in [1.54, 1.807) is 30.3 Å². The Kier molecular flexibility index (Phi) is 6.68. The molecule has 6 nitrogen and oxygen atoms in total. The van der Waals surface area contributed by atoms with Crippen molar-refractivity contribution >= 4 is 29.3 Å². The number of carbonyl (C=O) groups is 2. The third kappa shape index (κ3) is 5.03. The van der Waals surface area contributed by atoms with Crippen LogP contribution in [0.25, 0.3) is 0 Å². The zero-order chi connectivity index (χ0) is 20.9. The van der Waals surface area contributed by atoms with Gasteiger partial charge in [0.05, 0.1) is 5.69 Å². The second-order valence-corrected chi connectivity index (χ2v) is 6.59. The first-order valence-electron chi connectivity index (χ1n) is 7.88. The molecule has 1 heterocycles. The number of aromatic nitrogens is 1. The predicted octanol–water partition coefficient (Wildman–Crippen LogP) is 2.88. The topological polar surface area (TPSA) is 94.2 Å². The molecule has 148 valence electrons. The second-order valence-electron chi connectivity index (χ2n) is 5.53. The number of thioether (sulfide) groups is 1. The Balaban J connectivity index is 2.36. The lowest BCUT2D eigenvalue weighted by Gasteiger charge is -2.16. The van der Waals surface area contributed by atoms with Crippen LogP contribution in [0.1, 0.15) is 16.1 Å². The van der Waals surface area contributed by atoms with Crippen molar-refractivity contribution in [2.75, 3.05) is 11.1 Å². The Morgan fingerprint density at radius 3 is 2.50 bits per heavy atom. The summed E-state index contributed by atoms with van der Waals surface area (Å²) in [5, 5.41) is 2.49. The van der Waals surface area contributed by atoms with Crippen LogP contribution in [-0.4, -0.2) is 22.1 Å². The van der Waals surface area contributed by atoms with E-state index < -0.39 is 41.4 Å². The van der Waals surface area contributed by atoms with E-state index in [9.17, 15) is 27.6 Å². The summed E-state index contributed by atoms with van der Waals surface area (Å²) in [6, 6.07) is 7.94. The van der Waals surface area contributed by atoms with Gasteiger partial charge >= 0.3 is 6.18 Å². The van der Waals surface area contributed by atoms with E-state index in [0.717, 1.165) is 0 Å². The van der Waals surface area contributed by atoms with Crippen LogP contribution in [0.4, 0.5) is 18.9 Å². The maximum Gasteiger partial charge on any atom is 0.431 e. The molecule has 0 bridgehead atoms. The van der Waals surface area contributed by atoms with E-state index in [1.165, 1.54) is 11.8 Å². The van der Waals surface area contributed by atoms with E-state index in [0.29, 0.717) is 28.5 Å². The monoisotopic (exact) mass is 411 g/mol. The Morgan fingerprint density at radius 1 is 1.21 bits per heavy atom. The number of nitrogens with one attached hydrogen (secondary N) is 1. The minimum absolute atomic E-state index is 0.189. The minimum Gasteiger partial charge on any atom is -0.365 e. The Bertz CT molecular complexity index is 971. The second kappa shape index (κ2) is 8.79. The molecule has 0 radical (unpaired) electrons. The summed E-state index contributed by atoms with van der Waals surface area (Å²) in [7, 11) is 0. The van der Waals surface area contributed by atoms with Gasteiger partial charge in [-0.25, -0.2) is 0 Å². The number of pyridine rings is 1. The van der Waals surface area contributed by atoms with Crippen molar-refractivity contribution in [1.29, 1.82) is 0 Å². The highest BCUT2D eigenvalue weighted by Gasteiger charge is 2.35. The number of alkyl halides is 3. The number of hydrogen-bond donors (Lipinski definition) is 2. The summed E-state index contributed by atoms with van der Waals surface area (Å²) in [4.78, 5) is 36.5. The van der Waals surface area contributed by atoms with Crippen molar-refractivity contribution in [2.45, 2.75) is 17.6 Å².